The fraction of sp³-hybridized carbons (Fsp3) is 0.385. The van der Waals surface area contributed by atoms with Gasteiger partial charge in [-0.2, -0.15) is 13.3 Å². The third-order valence-electron chi connectivity index (χ3n) is 1.95. The number of Topliss-reactive ketones (excluding diaryl/α,β-unsaturated/α-hetero) is 1. The summed E-state index contributed by atoms with van der Waals surface area (Å²) in [5.41, 5.74) is 1.10. The quantitative estimate of drug-likeness (QED) is 0.383. The Morgan fingerprint density at radius 3 is 2.00 bits per heavy atom. The average Bonchev–Trinajstić information content (AvgIpc) is 2.45. The van der Waals surface area contributed by atoms with Crippen LogP contribution in [0.1, 0.15) is 27.2 Å². The van der Waals surface area contributed by atoms with Gasteiger partial charge in [-0.25, -0.2) is 0 Å². The maximum absolute atomic E-state index is 11.2. The third kappa shape index (κ3) is 13.1. The number of hydrogen-bond acceptors (Lipinski definition) is 1. The molecule has 0 aliphatic heterocycles. The molecule has 1 aliphatic rings. The third-order valence-corrected chi connectivity index (χ3v) is 1.95. The average molecular weight is 290 g/mol. The van der Waals surface area contributed by atoms with Crippen molar-refractivity contribution in [2.75, 3.05) is 0 Å². The Labute approximate surface area is 119 Å². The van der Waals surface area contributed by atoms with Crippen molar-refractivity contribution < 1.29 is 35.8 Å². The summed E-state index contributed by atoms with van der Waals surface area (Å²) >= 11 is 0. The van der Waals surface area contributed by atoms with Crippen LogP contribution in [0.5, 0.6) is 0 Å². The molecule has 1 rings (SSSR count). The summed E-state index contributed by atoms with van der Waals surface area (Å²) < 4.78 is 22.5. The summed E-state index contributed by atoms with van der Waals surface area (Å²) in [7, 11) is 0. The maximum atomic E-state index is 11.2. The van der Waals surface area contributed by atoms with E-state index in [2.05, 4.69) is 33.0 Å². The molecule has 1 atom stereocenters. The second-order valence-electron chi connectivity index (χ2n) is 3.38. The van der Waals surface area contributed by atoms with Crippen LogP contribution in [0.25, 0.3) is 0 Å². The van der Waals surface area contributed by atoms with Crippen LogP contribution >= 0.6 is 0 Å². The minimum absolute atomic E-state index is 0. The van der Waals surface area contributed by atoms with Crippen LogP contribution in [-0.2, 0) is 35.8 Å². The Hall–Kier alpha value is -0.981. The zero-order valence-corrected chi connectivity index (χ0v) is 11.5. The zero-order chi connectivity index (χ0) is 14.4. The summed E-state index contributed by atoms with van der Waals surface area (Å²) in [6, 6.07) is 0. The monoisotopic (exact) mass is 290 g/mol. The molecule has 0 aromatic rings. The molecule has 1 unspecified atom stereocenters. The minimum Gasteiger partial charge on any atom is 0 e. The molecule has 1 radical (unpaired) electrons. The van der Waals surface area contributed by atoms with E-state index < -0.39 is 0 Å². The van der Waals surface area contributed by atoms with Gasteiger partial charge in [-0.15, -0.1) is 0 Å². The van der Waals surface area contributed by atoms with Crippen LogP contribution in [0, 0.1) is 38.2 Å². The minimum atomic E-state index is 0. The van der Waals surface area contributed by atoms with Gasteiger partial charge in [0.2, 0.25) is 0 Å². The smallest absolute Gasteiger partial charge is 0 e. The second kappa shape index (κ2) is 18.4. The van der Waals surface area contributed by atoms with Gasteiger partial charge in [0, 0.05) is 29.3 Å². The summed E-state index contributed by atoms with van der Waals surface area (Å²) in [6.07, 6.45) is 4.78. The molecular formula is C13H14FeO4-. The van der Waals surface area contributed by atoms with E-state index in [1.807, 2.05) is 13.8 Å². The van der Waals surface area contributed by atoms with Crippen molar-refractivity contribution in [1.82, 2.24) is 0 Å². The van der Waals surface area contributed by atoms with Crippen LogP contribution in [0.2, 0.25) is 0 Å². The van der Waals surface area contributed by atoms with Crippen molar-refractivity contribution in [3.63, 3.8) is 0 Å². The van der Waals surface area contributed by atoms with Gasteiger partial charge in [0.1, 0.15) is 0 Å². The first kappa shape index (κ1) is 25.8. The largest absolute Gasteiger partial charge is 0 e. The van der Waals surface area contributed by atoms with Crippen LogP contribution in [0.15, 0.2) is 11.6 Å². The predicted octanol–water partition coefficient (Wildman–Crippen LogP) is 2.23. The van der Waals surface area contributed by atoms with Gasteiger partial charge in [0.25, 0.3) is 0 Å². The number of carbonyl (C=O) groups is 1. The number of ketones is 1. The molecule has 18 heavy (non-hydrogen) atoms. The van der Waals surface area contributed by atoms with Gasteiger partial charge in [0.05, 0.1) is 0 Å². The van der Waals surface area contributed by atoms with Gasteiger partial charge in [0.15, 0.2) is 0 Å². The molecule has 0 heterocycles. The van der Waals surface area contributed by atoms with E-state index in [1.54, 1.807) is 6.42 Å². The molecule has 0 fully saturated rings. The first-order valence-electron chi connectivity index (χ1n) is 4.61. The van der Waals surface area contributed by atoms with Gasteiger partial charge >= 0.3 is 33.9 Å². The predicted molar refractivity (Wildman–Crippen MR) is 57.6 cm³/mol. The first-order valence-corrected chi connectivity index (χ1v) is 4.61. The molecule has 0 aromatic heterocycles. The van der Waals surface area contributed by atoms with E-state index in [0.717, 1.165) is 17.9 Å². The zero-order valence-electron chi connectivity index (χ0n) is 10.4. The molecule has 4 nitrogen and oxygen atoms in total. The van der Waals surface area contributed by atoms with Crippen LogP contribution < -0.4 is 0 Å². The van der Waals surface area contributed by atoms with E-state index in [4.69, 9.17) is 14.0 Å². The molecule has 5 heteroatoms. The maximum Gasteiger partial charge on any atom is 0 e. The molecule has 0 N–H and O–H groups in total. The van der Waals surface area contributed by atoms with Crippen molar-refractivity contribution in [3.05, 3.63) is 43.9 Å². The van der Waals surface area contributed by atoms with Crippen LogP contribution in [0.3, 0.4) is 0 Å². The molecule has 1 aliphatic carbocycles. The van der Waals surface area contributed by atoms with Crippen molar-refractivity contribution in [2.45, 2.75) is 27.2 Å². The van der Waals surface area contributed by atoms with Crippen molar-refractivity contribution in [3.8, 4) is 0 Å². The summed E-state index contributed by atoms with van der Waals surface area (Å²) in [6.45, 7) is 19.5. The van der Waals surface area contributed by atoms with Crippen molar-refractivity contribution in [1.29, 1.82) is 0 Å². The van der Waals surface area contributed by atoms with E-state index in [0.29, 0.717) is 5.92 Å². The first-order chi connectivity index (χ1) is 8.09. The van der Waals surface area contributed by atoms with Gasteiger partial charge in [-0.3, -0.25) is 0 Å². The summed E-state index contributed by atoms with van der Waals surface area (Å²) in [5, 5.41) is 0. The molecule has 0 saturated heterocycles. The van der Waals surface area contributed by atoms with E-state index in [-0.39, 0.29) is 22.9 Å². The van der Waals surface area contributed by atoms with Crippen LogP contribution in [-0.4, -0.2) is 5.78 Å². The fourth-order valence-electron chi connectivity index (χ4n) is 1.47. The Morgan fingerprint density at radius 2 is 1.61 bits per heavy atom. The van der Waals surface area contributed by atoms with Gasteiger partial charge < -0.3 is 10.7 Å². The molecule has 99 valence electrons. The molecular weight excluding hydrogens is 276 g/mol. The van der Waals surface area contributed by atoms with Gasteiger partial charge in [-0.1, -0.05) is 24.5 Å². The van der Waals surface area contributed by atoms with E-state index in [9.17, 15) is 4.79 Å². The second-order valence-corrected chi connectivity index (χ2v) is 3.38. The molecule has 0 saturated carbocycles. The Kier molecular flexibility index (Phi) is 26.3. The van der Waals surface area contributed by atoms with E-state index >= 15 is 0 Å². The number of rotatable bonds is 0. The van der Waals surface area contributed by atoms with Crippen LogP contribution in [0.4, 0.5) is 0 Å². The Morgan fingerprint density at radius 1 is 1.22 bits per heavy atom. The number of carbonyl (C=O) groups excluding carboxylic acids is 1. The molecule has 0 bridgehead atoms. The summed E-state index contributed by atoms with van der Waals surface area (Å²) in [4.78, 5) is 11.2. The SMILES string of the molecule is CC1=CC(C)C[C-](C)C(=O)[CH]1.[C-]#[O+].[C-]#[O+].[C-]#[O+].[Fe]. The number of hydrogen-bond donors (Lipinski definition) is 0. The fourth-order valence-corrected chi connectivity index (χ4v) is 1.47. The molecule has 0 spiro atoms. The van der Waals surface area contributed by atoms with Crippen molar-refractivity contribution in [2.24, 2.45) is 5.92 Å². The molecule has 0 amide bonds. The van der Waals surface area contributed by atoms with E-state index in [1.165, 1.54) is 0 Å². The topological polar surface area (TPSA) is 76.8 Å². The normalized spacial score (nSPS) is 16.5. The van der Waals surface area contributed by atoms with Crippen molar-refractivity contribution >= 4 is 5.78 Å². The van der Waals surface area contributed by atoms with Gasteiger partial charge in [-0.05, 0) is 6.92 Å². The molecule has 0 aromatic carbocycles. The Bertz CT molecular complexity index is 288. The number of allylic oxidation sites excluding steroid dienone is 2. The Balaban J connectivity index is -0.000000123. The standard InChI is InChI=1S/C10H14O.3CO.Fe/c1-7-4-8(2)6-10(11)9(3)5-7;3*1-2;/h4,6-7H,5H2,1-3H3;;;;/q-1;;;;. The summed E-state index contributed by atoms with van der Waals surface area (Å²) in [5.74, 6) is 1.69.